The Balaban J connectivity index is 2.31. The smallest absolute Gasteiger partial charge is 0.127 e. The standard InChI is InChI=1S/C16H18ClNO2/c1-19-14-7-4-8-15(20-2)16(14)13(18)10-11-5-3-6-12(17)9-11/h3-9,13H,10,18H2,1-2H3. The summed E-state index contributed by atoms with van der Waals surface area (Å²) in [5.74, 6) is 1.47. The Bertz CT molecular complexity index is 564. The lowest BCUT2D eigenvalue weighted by Gasteiger charge is -2.19. The Morgan fingerprint density at radius 2 is 1.65 bits per heavy atom. The van der Waals surface area contributed by atoms with Crippen LogP contribution in [0.1, 0.15) is 17.2 Å². The monoisotopic (exact) mass is 291 g/mol. The van der Waals surface area contributed by atoms with Crippen molar-refractivity contribution in [2.45, 2.75) is 12.5 Å². The normalized spacial score (nSPS) is 12.0. The minimum absolute atomic E-state index is 0.223. The molecule has 0 spiro atoms. The molecular formula is C16H18ClNO2. The molecular weight excluding hydrogens is 274 g/mol. The van der Waals surface area contributed by atoms with Gasteiger partial charge < -0.3 is 15.2 Å². The predicted octanol–water partition coefficient (Wildman–Crippen LogP) is 3.60. The molecule has 1 unspecified atom stereocenters. The van der Waals surface area contributed by atoms with Crippen molar-refractivity contribution in [2.24, 2.45) is 5.73 Å². The highest BCUT2D eigenvalue weighted by Crippen LogP contribution is 2.34. The lowest BCUT2D eigenvalue weighted by atomic mass is 9.98. The largest absolute Gasteiger partial charge is 0.496 e. The van der Waals surface area contributed by atoms with Crippen LogP contribution in [0.5, 0.6) is 11.5 Å². The van der Waals surface area contributed by atoms with Crippen LogP contribution < -0.4 is 15.2 Å². The molecule has 0 aliphatic rings. The van der Waals surface area contributed by atoms with Crippen molar-refractivity contribution >= 4 is 11.6 Å². The number of methoxy groups -OCH3 is 2. The van der Waals surface area contributed by atoms with E-state index >= 15 is 0 Å². The first kappa shape index (κ1) is 14.7. The van der Waals surface area contributed by atoms with E-state index in [0.29, 0.717) is 11.4 Å². The van der Waals surface area contributed by atoms with Crippen LogP contribution in [0.4, 0.5) is 0 Å². The van der Waals surface area contributed by atoms with Crippen LogP contribution in [0.2, 0.25) is 5.02 Å². The number of rotatable bonds is 5. The van der Waals surface area contributed by atoms with E-state index in [2.05, 4.69) is 0 Å². The zero-order valence-electron chi connectivity index (χ0n) is 11.6. The second-order valence-corrected chi connectivity index (χ2v) is 4.95. The molecule has 2 N–H and O–H groups in total. The van der Waals surface area contributed by atoms with Crippen LogP contribution in [-0.4, -0.2) is 14.2 Å². The fourth-order valence-electron chi connectivity index (χ4n) is 2.27. The molecule has 0 aromatic heterocycles. The van der Waals surface area contributed by atoms with Crippen LogP contribution >= 0.6 is 11.6 Å². The number of halogens is 1. The van der Waals surface area contributed by atoms with Gasteiger partial charge in [-0.05, 0) is 36.2 Å². The summed E-state index contributed by atoms with van der Waals surface area (Å²) in [6, 6.07) is 13.1. The van der Waals surface area contributed by atoms with Gasteiger partial charge in [-0.1, -0.05) is 29.8 Å². The van der Waals surface area contributed by atoms with Crippen molar-refractivity contribution in [1.82, 2.24) is 0 Å². The van der Waals surface area contributed by atoms with Crippen LogP contribution in [-0.2, 0) is 6.42 Å². The summed E-state index contributed by atoms with van der Waals surface area (Å²) in [5, 5.41) is 0.710. The molecule has 1 atom stereocenters. The molecule has 106 valence electrons. The molecule has 2 rings (SSSR count). The van der Waals surface area contributed by atoms with Crippen molar-refractivity contribution in [3.05, 3.63) is 58.6 Å². The number of hydrogen-bond acceptors (Lipinski definition) is 3. The van der Waals surface area contributed by atoms with E-state index in [0.717, 1.165) is 22.6 Å². The third-order valence-electron chi connectivity index (χ3n) is 3.18. The summed E-state index contributed by atoms with van der Waals surface area (Å²) < 4.78 is 10.8. The Morgan fingerprint density at radius 1 is 1.05 bits per heavy atom. The molecule has 2 aromatic carbocycles. The number of ether oxygens (including phenoxy) is 2. The van der Waals surface area contributed by atoms with Gasteiger partial charge in [-0.2, -0.15) is 0 Å². The molecule has 0 aliphatic heterocycles. The van der Waals surface area contributed by atoms with Gasteiger partial charge in [0.2, 0.25) is 0 Å². The number of benzene rings is 2. The van der Waals surface area contributed by atoms with Gasteiger partial charge in [0.15, 0.2) is 0 Å². The van der Waals surface area contributed by atoms with Gasteiger partial charge >= 0.3 is 0 Å². The average Bonchev–Trinajstić information content (AvgIpc) is 2.46. The maximum Gasteiger partial charge on any atom is 0.127 e. The summed E-state index contributed by atoms with van der Waals surface area (Å²) in [6.45, 7) is 0. The SMILES string of the molecule is COc1cccc(OC)c1C(N)Cc1cccc(Cl)c1. The highest BCUT2D eigenvalue weighted by Gasteiger charge is 2.17. The molecule has 0 saturated heterocycles. The Labute approximate surface area is 124 Å². The van der Waals surface area contributed by atoms with Crippen molar-refractivity contribution < 1.29 is 9.47 Å². The van der Waals surface area contributed by atoms with Crippen LogP contribution in [0.25, 0.3) is 0 Å². The zero-order chi connectivity index (χ0) is 14.5. The van der Waals surface area contributed by atoms with E-state index in [-0.39, 0.29) is 6.04 Å². The number of nitrogens with two attached hydrogens (primary N) is 1. The molecule has 0 amide bonds. The van der Waals surface area contributed by atoms with Crippen molar-refractivity contribution in [3.8, 4) is 11.5 Å². The summed E-state index contributed by atoms with van der Waals surface area (Å²) in [4.78, 5) is 0. The minimum Gasteiger partial charge on any atom is -0.496 e. The van der Waals surface area contributed by atoms with E-state index in [1.54, 1.807) is 14.2 Å². The molecule has 0 fully saturated rings. The molecule has 3 nitrogen and oxygen atoms in total. The predicted molar refractivity (Wildman–Crippen MR) is 81.6 cm³/mol. The molecule has 0 radical (unpaired) electrons. The molecule has 20 heavy (non-hydrogen) atoms. The summed E-state index contributed by atoms with van der Waals surface area (Å²) in [5.41, 5.74) is 8.28. The highest BCUT2D eigenvalue weighted by molar-refractivity contribution is 6.30. The second kappa shape index (κ2) is 6.64. The van der Waals surface area contributed by atoms with Gasteiger partial charge in [0.1, 0.15) is 11.5 Å². The van der Waals surface area contributed by atoms with Crippen LogP contribution in [0, 0.1) is 0 Å². The highest BCUT2D eigenvalue weighted by atomic mass is 35.5. The molecule has 2 aromatic rings. The van der Waals surface area contributed by atoms with E-state index in [9.17, 15) is 0 Å². The summed E-state index contributed by atoms with van der Waals surface area (Å²) in [6.07, 6.45) is 0.664. The lowest BCUT2D eigenvalue weighted by Crippen LogP contribution is -2.15. The second-order valence-electron chi connectivity index (χ2n) is 4.52. The first-order chi connectivity index (χ1) is 9.65. The first-order valence-corrected chi connectivity index (χ1v) is 6.74. The average molecular weight is 292 g/mol. The van der Waals surface area contributed by atoms with E-state index in [1.807, 2.05) is 42.5 Å². The molecule has 0 bridgehead atoms. The summed E-state index contributed by atoms with van der Waals surface area (Å²) in [7, 11) is 3.26. The summed E-state index contributed by atoms with van der Waals surface area (Å²) >= 11 is 6.00. The zero-order valence-corrected chi connectivity index (χ0v) is 12.4. The van der Waals surface area contributed by atoms with Gasteiger partial charge in [0, 0.05) is 11.1 Å². The lowest BCUT2D eigenvalue weighted by molar-refractivity contribution is 0.379. The van der Waals surface area contributed by atoms with Gasteiger partial charge in [-0.25, -0.2) is 0 Å². The van der Waals surface area contributed by atoms with E-state index in [1.165, 1.54) is 0 Å². The fourth-order valence-corrected chi connectivity index (χ4v) is 2.48. The van der Waals surface area contributed by atoms with E-state index in [4.69, 9.17) is 26.8 Å². The molecule has 4 heteroatoms. The molecule has 0 saturated carbocycles. The van der Waals surface area contributed by atoms with Gasteiger partial charge in [0.05, 0.1) is 19.8 Å². The maximum absolute atomic E-state index is 6.33. The Hall–Kier alpha value is -1.71. The Morgan fingerprint density at radius 3 is 2.20 bits per heavy atom. The first-order valence-electron chi connectivity index (χ1n) is 6.36. The van der Waals surface area contributed by atoms with E-state index < -0.39 is 0 Å². The topological polar surface area (TPSA) is 44.5 Å². The van der Waals surface area contributed by atoms with Gasteiger partial charge in [0.25, 0.3) is 0 Å². The molecule has 0 heterocycles. The van der Waals surface area contributed by atoms with Gasteiger partial charge in [-0.15, -0.1) is 0 Å². The van der Waals surface area contributed by atoms with Crippen LogP contribution in [0.15, 0.2) is 42.5 Å². The Kier molecular flexibility index (Phi) is 4.88. The van der Waals surface area contributed by atoms with Crippen molar-refractivity contribution in [2.75, 3.05) is 14.2 Å². The fraction of sp³-hybridized carbons (Fsp3) is 0.250. The van der Waals surface area contributed by atoms with Gasteiger partial charge in [-0.3, -0.25) is 0 Å². The maximum atomic E-state index is 6.33. The third kappa shape index (κ3) is 3.24. The molecule has 0 aliphatic carbocycles. The van der Waals surface area contributed by atoms with Crippen LogP contribution in [0.3, 0.4) is 0 Å². The quantitative estimate of drug-likeness (QED) is 0.915. The van der Waals surface area contributed by atoms with Crippen molar-refractivity contribution in [1.29, 1.82) is 0 Å². The number of hydrogen-bond donors (Lipinski definition) is 1. The van der Waals surface area contributed by atoms with Crippen molar-refractivity contribution in [3.63, 3.8) is 0 Å². The third-order valence-corrected chi connectivity index (χ3v) is 3.42. The minimum atomic E-state index is -0.223.